The van der Waals surface area contributed by atoms with Gasteiger partial charge in [0, 0.05) is 18.2 Å². The number of hydrogen-bond donors (Lipinski definition) is 3. The van der Waals surface area contributed by atoms with E-state index in [1.807, 2.05) is 0 Å². The Kier molecular flexibility index (Phi) is 4.17. The van der Waals surface area contributed by atoms with E-state index in [2.05, 4.69) is 5.32 Å². The molecule has 0 atom stereocenters. The highest BCUT2D eigenvalue weighted by molar-refractivity contribution is 6.58. The maximum Gasteiger partial charge on any atom is 0.488 e. The Morgan fingerprint density at radius 3 is 2.35 bits per heavy atom. The van der Waals surface area contributed by atoms with Crippen LogP contribution >= 0.6 is 0 Å². The van der Waals surface area contributed by atoms with Gasteiger partial charge >= 0.3 is 7.12 Å². The minimum absolute atomic E-state index is 0.186. The fraction of sp³-hybridized carbons (Fsp3) is 0.0714. The number of benzene rings is 2. The molecule has 0 bridgehead atoms. The smallest absolute Gasteiger partial charge is 0.423 e. The van der Waals surface area contributed by atoms with Crippen molar-refractivity contribution in [2.75, 3.05) is 5.32 Å². The fourth-order valence-corrected chi connectivity index (χ4v) is 1.86. The van der Waals surface area contributed by atoms with E-state index < -0.39 is 12.9 Å². The molecule has 0 heterocycles. The SMILES string of the molecule is CC(=O)Nc1ccc(-c2cc(B(O)O)ccc2F)cc1. The Morgan fingerprint density at radius 2 is 1.80 bits per heavy atom. The molecule has 2 aromatic rings. The molecule has 0 unspecified atom stereocenters. The largest absolute Gasteiger partial charge is 0.488 e. The first-order chi connectivity index (χ1) is 9.47. The molecule has 6 heteroatoms. The van der Waals surface area contributed by atoms with Gasteiger partial charge in [-0.2, -0.15) is 0 Å². The quantitative estimate of drug-likeness (QED) is 0.734. The van der Waals surface area contributed by atoms with E-state index in [0.717, 1.165) is 0 Å². The van der Waals surface area contributed by atoms with E-state index in [0.29, 0.717) is 11.3 Å². The Hall–Kier alpha value is -2.18. The van der Waals surface area contributed by atoms with Crippen molar-refractivity contribution in [1.29, 1.82) is 0 Å². The molecule has 20 heavy (non-hydrogen) atoms. The van der Waals surface area contributed by atoms with Crippen molar-refractivity contribution in [1.82, 2.24) is 0 Å². The summed E-state index contributed by atoms with van der Waals surface area (Å²) in [5, 5.41) is 20.8. The average molecular weight is 273 g/mol. The minimum atomic E-state index is -1.65. The molecule has 0 saturated carbocycles. The summed E-state index contributed by atoms with van der Waals surface area (Å²) in [7, 11) is -1.65. The van der Waals surface area contributed by atoms with Gasteiger partial charge in [-0.3, -0.25) is 4.79 Å². The maximum absolute atomic E-state index is 13.8. The number of hydrogen-bond acceptors (Lipinski definition) is 3. The number of rotatable bonds is 3. The van der Waals surface area contributed by atoms with Gasteiger partial charge in [-0.1, -0.05) is 24.3 Å². The first-order valence-corrected chi connectivity index (χ1v) is 6.01. The standard InChI is InChI=1S/C14H13BFNO3/c1-9(18)17-12-5-2-10(3-6-12)13-8-11(15(19)20)4-7-14(13)16/h2-8,19-20H,1H3,(H,17,18). The molecule has 2 aromatic carbocycles. The van der Waals surface area contributed by atoms with Crippen molar-refractivity contribution in [2.45, 2.75) is 6.92 Å². The molecule has 0 spiro atoms. The van der Waals surface area contributed by atoms with Gasteiger partial charge in [-0.15, -0.1) is 0 Å². The minimum Gasteiger partial charge on any atom is -0.423 e. The zero-order valence-corrected chi connectivity index (χ0v) is 10.8. The lowest BCUT2D eigenvalue weighted by atomic mass is 9.79. The highest BCUT2D eigenvalue weighted by Gasteiger charge is 2.14. The second-order valence-corrected chi connectivity index (χ2v) is 4.37. The monoisotopic (exact) mass is 273 g/mol. The third-order valence-electron chi connectivity index (χ3n) is 2.80. The van der Waals surface area contributed by atoms with E-state index in [1.54, 1.807) is 24.3 Å². The zero-order chi connectivity index (χ0) is 14.7. The lowest BCUT2D eigenvalue weighted by molar-refractivity contribution is -0.114. The number of carbonyl (C=O) groups excluding carboxylic acids is 1. The molecule has 102 valence electrons. The summed E-state index contributed by atoms with van der Waals surface area (Å²) >= 11 is 0. The van der Waals surface area contributed by atoms with Crippen LogP contribution in [0.2, 0.25) is 0 Å². The first kappa shape index (κ1) is 14.2. The van der Waals surface area contributed by atoms with Crippen molar-refractivity contribution < 1.29 is 19.2 Å². The molecule has 1 amide bonds. The summed E-state index contributed by atoms with van der Waals surface area (Å²) < 4.78 is 13.8. The topological polar surface area (TPSA) is 69.6 Å². The molecule has 0 aliphatic carbocycles. The third kappa shape index (κ3) is 3.23. The number of halogens is 1. The summed E-state index contributed by atoms with van der Waals surface area (Å²) in [4.78, 5) is 10.9. The zero-order valence-electron chi connectivity index (χ0n) is 10.8. The molecule has 0 aliphatic rings. The second kappa shape index (κ2) is 5.86. The van der Waals surface area contributed by atoms with E-state index >= 15 is 0 Å². The van der Waals surface area contributed by atoms with Crippen LogP contribution < -0.4 is 10.8 Å². The molecular weight excluding hydrogens is 260 g/mol. The molecule has 4 nitrogen and oxygen atoms in total. The van der Waals surface area contributed by atoms with Crippen molar-refractivity contribution in [3.05, 3.63) is 48.3 Å². The van der Waals surface area contributed by atoms with E-state index in [9.17, 15) is 9.18 Å². The molecule has 0 fully saturated rings. The summed E-state index contributed by atoms with van der Waals surface area (Å²) in [5.74, 6) is -0.643. The number of amides is 1. The number of carbonyl (C=O) groups is 1. The summed E-state index contributed by atoms with van der Waals surface area (Å²) in [6.45, 7) is 1.40. The van der Waals surface area contributed by atoms with Crippen LogP contribution in [0.4, 0.5) is 10.1 Å². The number of nitrogens with one attached hydrogen (secondary N) is 1. The fourth-order valence-electron chi connectivity index (χ4n) is 1.86. The van der Waals surface area contributed by atoms with E-state index in [4.69, 9.17) is 10.0 Å². The predicted molar refractivity (Wildman–Crippen MR) is 76.0 cm³/mol. The van der Waals surface area contributed by atoms with Gasteiger partial charge in [-0.25, -0.2) is 4.39 Å². The predicted octanol–water partition coefficient (Wildman–Crippen LogP) is 1.13. The van der Waals surface area contributed by atoms with E-state index in [1.165, 1.54) is 25.1 Å². The molecule has 3 N–H and O–H groups in total. The van der Waals surface area contributed by atoms with Gasteiger partial charge in [0.25, 0.3) is 0 Å². The van der Waals surface area contributed by atoms with E-state index in [-0.39, 0.29) is 16.9 Å². The second-order valence-electron chi connectivity index (χ2n) is 4.37. The molecule has 0 radical (unpaired) electrons. The Morgan fingerprint density at radius 1 is 1.15 bits per heavy atom. The van der Waals surface area contributed by atoms with Crippen LogP contribution in [0, 0.1) is 5.82 Å². The first-order valence-electron chi connectivity index (χ1n) is 6.01. The van der Waals surface area contributed by atoms with Gasteiger partial charge in [-0.05, 0) is 29.2 Å². The van der Waals surface area contributed by atoms with Crippen LogP contribution in [0.5, 0.6) is 0 Å². The van der Waals surface area contributed by atoms with Crippen molar-refractivity contribution in [3.63, 3.8) is 0 Å². The Bertz CT molecular complexity index is 629. The van der Waals surface area contributed by atoms with Crippen LogP contribution in [-0.2, 0) is 4.79 Å². The summed E-state index contributed by atoms with van der Waals surface area (Å²) in [5.41, 5.74) is 1.68. The van der Waals surface area contributed by atoms with Crippen LogP contribution in [0.25, 0.3) is 11.1 Å². The summed E-state index contributed by atoms with van der Waals surface area (Å²) in [6, 6.07) is 10.5. The third-order valence-corrected chi connectivity index (χ3v) is 2.80. The Labute approximate surface area is 116 Å². The van der Waals surface area contributed by atoms with Gasteiger partial charge in [0.15, 0.2) is 0 Å². The van der Waals surface area contributed by atoms with Crippen LogP contribution in [0.1, 0.15) is 6.92 Å². The van der Waals surface area contributed by atoms with Gasteiger partial charge in [0.2, 0.25) is 5.91 Å². The normalized spacial score (nSPS) is 10.2. The molecule has 0 aliphatic heterocycles. The number of anilines is 1. The van der Waals surface area contributed by atoms with Gasteiger partial charge < -0.3 is 15.4 Å². The van der Waals surface area contributed by atoms with Crippen molar-refractivity contribution in [2.24, 2.45) is 0 Å². The Balaban J connectivity index is 2.36. The lowest BCUT2D eigenvalue weighted by Crippen LogP contribution is -2.29. The van der Waals surface area contributed by atoms with Crippen LogP contribution in [-0.4, -0.2) is 23.1 Å². The molecule has 2 rings (SSSR count). The van der Waals surface area contributed by atoms with Crippen molar-refractivity contribution >= 4 is 24.2 Å². The van der Waals surface area contributed by atoms with Crippen LogP contribution in [0.3, 0.4) is 0 Å². The van der Waals surface area contributed by atoms with Gasteiger partial charge in [0.05, 0.1) is 0 Å². The lowest BCUT2D eigenvalue weighted by Gasteiger charge is -2.08. The van der Waals surface area contributed by atoms with Crippen LogP contribution in [0.15, 0.2) is 42.5 Å². The molecule has 0 saturated heterocycles. The highest BCUT2D eigenvalue weighted by atomic mass is 19.1. The average Bonchev–Trinajstić information content (AvgIpc) is 2.39. The van der Waals surface area contributed by atoms with Gasteiger partial charge in [0.1, 0.15) is 5.82 Å². The summed E-state index contributed by atoms with van der Waals surface area (Å²) in [6.07, 6.45) is 0. The maximum atomic E-state index is 13.8. The van der Waals surface area contributed by atoms with Crippen molar-refractivity contribution in [3.8, 4) is 11.1 Å². The highest BCUT2D eigenvalue weighted by Crippen LogP contribution is 2.23. The molecular formula is C14H13BFNO3. The molecule has 0 aromatic heterocycles.